The van der Waals surface area contributed by atoms with E-state index < -0.39 is 11.6 Å². The van der Waals surface area contributed by atoms with Gasteiger partial charge in [0.15, 0.2) is 5.60 Å². The summed E-state index contributed by atoms with van der Waals surface area (Å²) >= 11 is 0. The smallest absolute Gasteiger partial charge is 0.328 e. The van der Waals surface area contributed by atoms with E-state index in [0.717, 1.165) is 19.5 Å². The standard InChI is InChI=1S/C12H18N2O4/c1-17-10(15)8-2-3-9-14(8)11(16)12(18-9)4-6-13-7-5-12/h8-9,13H,2-7H2,1H3/t8-,9+/m0/s1. The van der Waals surface area contributed by atoms with Crippen molar-refractivity contribution in [3.8, 4) is 0 Å². The molecule has 6 heteroatoms. The van der Waals surface area contributed by atoms with Gasteiger partial charge in [-0.2, -0.15) is 0 Å². The molecule has 100 valence electrons. The molecule has 0 saturated carbocycles. The Balaban J connectivity index is 1.83. The molecule has 3 rings (SSSR count). The predicted octanol–water partition coefficient (Wildman–Crippen LogP) is -0.371. The van der Waals surface area contributed by atoms with Crippen LogP contribution in [0.15, 0.2) is 0 Å². The fraction of sp³-hybridized carbons (Fsp3) is 0.833. The van der Waals surface area contributed by atoms with E-state index in [2.05, 4.69) is 5.32 Å². The lowest BCUT2D eigenvalue weighted by atomic mass is 9.91. The number of amides is 1. The van der Waals surface area contributed by atoms with Gasteiger partial charge in [-0.15, -0.1) is 0 Å². The van der Waals surface area contributed by atoms with Gasteiger partial charge in [0.05, 0.1) is 7.11 Å². The Labute approximate surface area is 106 Å². The van der Waals surface area contributed by atoms with E-state index in [1.54, 1.807) is 4.90 Å². The number of nitrogens with one attached hydrogen (secondary N) is 1. The Morgan fingerprint density at radius 1 is 1.44 bits per heavy atom. The van der Waals surface area contributed by atoms with Gasteiger partial charge in [-0.3, -0.25) is 4.79 Å². The van der Waals surface area contributed by atoms with Crippen molar-refractivity contribution >= 4 is 11.9 Å². The van der Waals surface area contributed by atoms with Crippen LogP contribution in [0.5, 0.6) is 0 Å². The zero-order valence-corrected chi connectivity index (χ0v) is 10.5. The topological polar surface area (TPSA) is 67.9 Å². The zero-order chi connectivity index (χ0) is 12.8. The summed E-state index contributed by atoms with van der Waals surface area (Å²) < 4.78 is 10.7. The fourth-order valence-electron chi connectivity index (χ4n) is 3.24. The van der Waals surface area contributed by atoms with Crippen LogP contribution in [0.25, 0.3) is 0 Å². The molecule has 0 bridgehead atoms. The van der Waals surface area contributed by atoms with Crippen molar-refractivity contribution in [2.24, 2.45) is 0 Å². The molecule has 18 heavy (non-hydrogen) atoms. The monoisotopic (exact) mass is 254 g/mol. The lowest BCUT2D eigenvalue weighted by molar-refractivity contribution is -0.151. The van der Waals surface area contributed by atoms with E-state index in [1.165, 1.54) is 7.11 Å². The normalized spacial score (nSPS) is 33.8. The van der Waals surface area contributed by atoms with E-state index in [1.807, 2.05) is 0 Å². The number of fused-ring (bicyclic) bond motifs is 1. The number of hydrogen-bond acceptors (Lipinski definition) is 5. The largest absolute Gasteiger partial charge is 0.467 e. The third-order valence-corrected chi connectivity index (χ3v) is 4.20. The van der Waals surface area contributed by atoms with Gasteiger partial charge in [0.1, 0.15) is 12.3 Å². The molecule has 0 unspecified atom stereocenters. The van der Waals surface area contributed by atoms with Crippen molar-refractivity contribution in [3.05, 3.63) is 0 Å². The lowest BCUT2D eigenvalue weighted by Crippen LogP contribution is -2.51. The molecule has 0 aliphatic carbocycles. The second-order valence-electron chi connectivity index (χ2n) is 5.15. The molecule has 3 aliphatic heterocycles. The molecule has 0 aromatic carbocycles. The Morgan fingerprint density at radius 3 is 2.83 bits per heavy atom. The highest BCUT2D eigenvalue weighted by Crippen LogP contribution is 2.41. The molecule has 1 spiro atoms. The second-order valence-corrected chi connectivity index (χ2v) is 5.15. The highest BCUT2D eigenvalue weighted by Gasteiger charge is 2.58. The first-order valence-electron chi connectivity index (χ1n) is 6.47. The second kappa shape index (κ2) is 4.20. The molecule has 3 aliphatic rings. The summed E-state index contributed by atoms with van der Waals surface area (Å²) in [5, 5.41) is 3.22. The minimum absolute atomic E-state index is 0.0260. The van der Waals surface area contributed by atoms with Crippen LogP contribution < -0.4 is 5.32 Å². The highest BCUT2D eigenvalue weighted by atomic mass is 16.6. The number of hydrogen-bond donors (Lipinski definition) is 1. The minimum Gasteiger partial charge on any atom is -0.467 e. The summed E-state index contributed by atoms with van der Waals surface area (Å²) in [5.74, 6) is -0.359. The molecule has 1 amide bonds. The van der Waals surface area contributed by atoms with Crippen LogP contribution >= 0.6 is 0 Å². The lowest BCUT2D eigenvalue weighted by Gasteiger charge is -2.31. The van der Waals surface area contributed by atoms with E-state index >= 15 is 0 Å². The van der Waals surface area contributed by atoms with Gasteiger partial charge in [-0.05, 0) is 38.8 Å². The van der Waals surface area contributed by atoms with E-state index in [4.69, 9.17) is 9.47 Å². The van der Waals surface area contributed by atoms with E-state index in [0.29, 0.717) is 19.3 Å². The van der Waals surface area contributed by atoms with Crippen molar-refractivity contribution in [3.63, 3.8) is 0 Å². The maximum atomic E-state index is 12.6. The molecule has 1 N–H and O–H groups in total. The maximum absolute atomic E-state index is 12.6. The average molecular weight is 254 g/mol. The number of methoxy groups -OCH3 is 1. The molecule has 0 radical (unpaired) electrons. The number of carbonyl (C=O) groups excluding carboxylic acids is 2. The van der Waals surface area contributed by atoms with Crippen molar-refractivity contribution < 1.29 is 19.1 Å². The van der Waals surface area contributed by atoms with Gasteiger partial charge in [-0.25, -0.2) is 4.79 Å². The Hall–Kier alpha value is -1.14. The first-order valence-corrected chi connectivity index (χ1v) is 6.47. The van der Waals surface area contributed by atoms with Gasteiger partial charge in [-0.1, -0.05) is 0 Å². The molecule has 6 nitrogen and oxygen atoms in total. The number of carbonyl (C=O) groups is 2. The van der Waals surface area contributed by atoms with Gasteiger partial charge in [0.2, 0.25) is 0 Å². The van der Waals surface area contributed by atoms with Crippen LogP contribution in [0, 0.1) is 0 Å². The minimum atomic E-state index is -0.692. The SMILES string of the molecule is COC(=O)[C@@H]1CC[C@H]2OC3(CCNCC3)C(=O)N21. The Kier molecular flexibility index (Phi) is 2.79. The number of piperidine rings is 1. The molecule has 0 aromatic heterocycles. The van der Waals surface area contributed by atoms with Gasteiger partial charge in [0.25, 0.3) is 5.91 Å². The van der Waals surface area contributed by atoms with Crippen LogP contribution in [0.4, 0.5) is 0 Å². The molecular formula is C12H18N2O4. The maximum Gasteiger partial charge on any atom is 0.328 e. The van der Waals surface area contributed by atoms with Crippen LogP contribution in [0.1, 0.15) is 25.7 Å². The number of nitrogens with zero attached hydrogens (tertiary/aromatic N) is 1. The third kappa shape index (κ3) is 1.55. The summed E-state index contributed by atoms with van der Waals surface area (Å²) in [6, 6.07) is -0.457. The molecule has 3 heterocycles. The molecular weight excluding hydrogens is 236 g/mol. The summed E-state index contributed by atoms with van der Waals surface area (Å²) in [7, 11) is 1.36. The van der Waals surface area contributed by atoms with Gasteiger partial charge >= 0.3 is 5.97 Å². The molecule has 3 fully saturated rings. The first-order chi connectivity index (χ1) is 8.68. The van der Waals surface area contributed by atoms with Crippen LogP contribution in [0.3, 0.4) is 0 Å². The van der Waals surface area contributed by atoms with Crippen molar-refractivity contribution in [2.75, 3.05) is 20.2 Å². The number of esters is 1. The summed E-state index contributed by atoms with van der Waals surface area (Å²) in [4.78, 5) is 25.9. The third-order valence-electron chi connectivity index (χ3n) is 4.20. The number of rotatable bonds is 1. The van der Waals surface area contributed by atoms with Crippen LogP contribution in [-0.2, 0) is 19.1 Å². The van der Waals surface area contributed by atoms with Crippen molar-refractivity contribution in [1.82, 2.24) is 10.2 Å². The number of ether oxygens (including phenoxy) is 2. The zero-order valence-electron chi connectivity index (χ0n) is 10.5. The first kappa shape index (κ1) is 11.9. The van der Waals surface area contributed by atoms with E-state index in [-0.39, 0.29) is 18.1 Å². The summed E-state index contributed by atoms with van der Waals surface area (Å²) in [6.07, 6.45) is 2.50. The Bertz CT molecular complexity index is 378. The van der Waals surface area contributed by atoms with Crippen LogP contribution in [0.2, 0.25) is 0 Å². The average Bonchev–Trinajstić information content (AvgIpc) is 2.90. The molecule has 3 saturated heterocycles. The Morgan fingerprint density at radius 2 is 2.17 bits per heavy atom. The molecule has 2 atom stereocenters. The van der Waals surface area contributed by atoms with Gasteiger partial charge in [0, 0.05) is 0 Å². The van der Waals surface area contributed by atoms with Crippen molar-refractivity contribution in [1.29, 1.82) is 0 Å². The van der Waals surface area contributed by atoms with Crippen molar-refractivity contribution in [2.45, 2.75) is 43.6 Å². The summed E-state index contributed by atoms with van der Waals surface area (Å²) in [5.41, 5.74) is -0.692. The van der Waals surface area contributed by atoms with Gasteiger partial charge < -0.3 is 19.7 Å². The highest BCUT2D eigenvalue weighted by molar-refractivity contribution is 5.92. The molecule has 0 aromatic rings. The van der Waals surface area contributed by atoms with Crippen LogP contribution in [-0.4, -0.2) is 54.8 Å². The predicted molar refractivity (Wildman–Crippen MR) is 61.6 cm³/mol. The quantitative estimate of drug-likeness (QED) is 0.647. The fourth-order valence-corrected chi connectivity index (χ4v) is 3.24. The summed E-state index contributed by atoms with van der Waals surface area (Å²) in [6.45, 7) is 1.57. The van der Waals surface area contributed by atoms with E-state index in [9.17, 15) is 9.59 Å².